The fourth-order valence-electron chi connectivity index (χ4n) is 3.65. The van der Waals surface area contributed by atoms with E-state index in [1.165, 1.54) is 24.1 Å². The Morgan fingerprint density at radius 2 is 2.05 bits per heavy atom. The number of benzene rings is 1. The molecule has 2 atom stereocenters. The Labute approximate surface area is 113 Å². The fraction of sp³-hybridized carbons (Fsp3) is 0.438. The first-order chi connectivity index (χ1) is 9.21. The quantitative estimate of drug-likeness (QED) is 0.895. The molecule has 3 heteroatoms. The molecule has 98 valence electrons. The second-order valence-corrected chi connectivity index (χ2v) is 5.96. The number of rotatable bonds is 2. The molecule has 0 amide bonds. The summed E-state index contributed by atoms with van der Waals surface area (Å²) in [6.45, 7) is 6.30. The van der Waals surface area contributed by atoms with Crippen LogP contribution in [0.2, 0.25) is 0 Å². The van der Waals surface area contributed by atoms with Crippen LogP contribution in [0.15, 0.2) is 28.8 Å². The van der Waals surface area contributed by atoms with Gasteiger partial charge in [-0.2, -0.15) is 0 Å². The summed E-state index contributed by atoms with van der Waals surface area (Å²) in [5.74, 6) is 1.76. The maximum Gasteiger partial charge on any atom is 0.141 e. The molecule has 3 nitrogen and oxygen atoms in total. The lowest BCUT2D eigenvalue weighted by Crippen LogP contribution is -2.19. The van der Waals surface area contributed by atoms with Crippen molar-refractivity contribution in [1.29, 1.82) is 0 Å². The SMILES string of the molecule is Cc1noc(C)c1-c1ccc([C@]23CNC[C@H]2C3)cc1. The molecule has 1 N–H and O–H groups in total. The molecule has 2 fully saturated rings. The van der Waals surface area contributed by atoms with Crippen molar-refractivity contribution in [1.82, 2.24) is 10.5 Å². The summed E-state index contributed by atoms with van der Waals surface area (Å²) < 4.78 is 5.25. The lowest BCUT2D eigenvalue weighted by molar-refractivity contribution is 0.393. The van der Waals surface area contributed by atoms with Gasteiger partial charge in [0.05, 0.1) is 5.69 Å². The third-order valence-corrected chi connectivity index (χ3v) is 4.85. The van der Waals surface area contributed by atoms with E-state index < -0.39 is 0 Å². The van der Waals surface area contributed by atoms with Gasteiger partial charge in [0.25, 0.3) is 0 Å². The number of piperidine rings is 1. The number of aromatic nitrogens is 1. The number of aryl methyl sites for hydroxylation is 2. The van der Waals surface area contributed by atoms with Gasteiger partial charge in [0.1, 0.15) is 5.76 Å². The molecule has 4 rings (SSSR count). The number of hydrogen-bond acceptors (Lipinski definition) is 3. The maximum atomic E-state index is 5.25. The Morgan fingerprint density at radius 1 is 1.26 bits per heavy atom. The molecule has 19 heavy (non-hydrogen) atoms. The van der Waals surface area contributed by atoms with E-state index in [4.69, 9.17) is 4.52 Å². The Morgan fingerprint density at radius 3 is 2.58 bits per heavy atom. The van der Waals surface area contributed by atoms with Crippen LogP contribution in [0.1, 0.15) is 23.4 Å². The number of nitrogens with zero attached hydrogens (tertiary/aromatic N) is 1. The third kappa shape index (κ3) is 1.51. The predicted molar refractivity (Wildman–Crippen MR) is 74.1 cm³/mol. The van der Waals surface area contributed by atoms with Crippen LogP contribution >= 0.6 is 0 Å². The van der Waals surface area contributed by atoms with Gasteiger partial charge in [-0.15, -0.1) is 0 Å². The summed E-state index contributed by atoms with van der Waals surface area (Å²) >= 11 is 0. The first-order valence-corrected chi connectivity index (χ1v) is 6.95. The molecular formula is C16H18N2O. The number of fused-ring (bicyclic) bond motifs is 1. The van der Waals surface area contributed by atoms with Crippen LogP contribution in [0, 0.1) is 19.8 Å². The summed E-state index contributed by atoms with van der Waals surface area (Å²) in [6, 6.07) is 9.00. The van der Waals surface area contributed by atoms with E-state index in [0.29, 0.717) is 5.41 Å². The topological polar surface area (TPSA) is 38.1 Å². The van der Waals surface area contributed by atoms with Crippen LogP contribution in [0.3, 0.4) is 0 Å². The molecule has 0 bridgehead atoms. The molecule has 2 heterocycles. The highest BCUT2D eigenvalue weighted by Gasteiger charge is 2.57. The molecule has 2 aromatic rings. The lowest BCUT2D eigenvalue weighted by atomic mass is 9.93. The van der Waals surface area contributed by atoms with Crippen LogP contribution in [0.5, 0.6) is 0 Å². The molecule has 0 radical (unpaired) electrons. The highest BCUT2D eigenvalue weighted by Crippen LogP contribution is 2.56. The Hall–Kier alpha value is -1.61. The van der Waals surface area contributed by atoms with Gasteiger partial charge in [-0.25, -0.2) is 0 Å². The van der Waals surface area contributed by atoms with Crippen molar-refractivity contribution in [3.63, 3.8) is 0 Å². The van der Waals surface area contributed by atoms with Gasteiger partial charge in [-0.1, -0.05) is 29.4 Å². The molecule has 1 aromatic carbocycles. The summed E-state index contributed by atoms with van der Waals surface area (Å²) in [4.78, 5) is 0. The van der Waals surface area contributed by atoms with Crippen LogP contribution < -0.4 is 5.32 Å². The molecule has 1 aliphatic heterocycles. The fourth-order valence-corrected chi connectivity index (χ4v) is 3.65. The molecule has 1 saturated heterocycles. The van der Waals surface area contributed by atoms with Crippen molar-refractivity contribution in [3.8, 4) is 11.1 Å². The van der Waals surface area contributed by atoms with Gasteiger partial charge < -0.3 is 9.84 Å². The molecule has 0 spiro atoms. The second kappa shape index (κ2) is 3.70. The van der Waals surface area contributed by atoms with E-state index in [2.05, 4.69) is 34.7 Å². The van der Waals surface area contributed by atoms with Crippen LogP contribution in [0.25, 0.3) is 11.1 Å². The van der Waals surface area contributed by atoms with Crippen LogP contribution in [-0.2, 0) is 5.41 Å². The Balaban J connectivity index is 1.70. The van der Waals surface area contributed by atoms with Crippen molar-refractivity contribution >= 4 is 0 Å². The number of hydrogen-bond donors (Lipinski definition) is 1. The van der Waals surface area contributed by atoms with Gasteiger partial charge in [-0.05, 0) is 43.9 Å². The van der Waals surface area contributed by atoms with Crippen LogP contribution in [0.4, 0.5) is 0 Å². The summed E-state index contributed by atoms with van der Waals surface area (Å²) in [6.07, 6.45) is 1.35. The van der Waals surface area contributed by atoms with Gasteiger partial charge in [0.15, 0.2) is 0 Å². The van der Waals surface area contributed by atoms with Gasteiger partial charge >= 0.3 is 0 Å². The van der Waals surface area contributed by atoms with Gasteiger partial charge in [-0.3, -0.25) is 0 Å². The van der Waals surface area contributed by atoms with Gasteiger partial charge in [0.2, 0.25) is 0 Å². The minimum Gasteiger partial charge on any atom is -0.361 e. The summed E-state index contributed by atoms with van der Waals surface area (Å²) in [5, 5.41) is 7.53. The van der Waals surface area contributed by atoms with Gasteiger partial charge in [0, 0.05) is 17.5 Å². The first kappa shape index (κ1) is 11.2. The highest BCUT2D eigenvalue weighted by molar-refractivity contribution is 5.68. The zero-order valence-electron chi connectivity index (χ0n) is 11.4. The van der Waals surface area contributed by atoms with E-state index in [9.17, 15) is 0 Å². The van der Waals surface area contributed by atoms with Crippen molar-refractivity contribution in [2.24, 2.45) is 5.92 Å². The zero-order valence-corrected chi connectivity index (χ0v) is 11.4. The molecule has 1 saturated carbocycles. The predicted octanol–water partition coefficient (Wildman–Crippen LogP) is 2.82. The van der Waals surface area contributed by atoms with E-state index in [-0.39, 0.29) is 0 Å². The smallest absolute Gasteiger partial charge is 0.141 e. The monoisotopic (exact) mass is 254 g/mol. The Kier molecular flexibility index (Phi) is 2.19. The average Bonchev–Trinajstić information content (AvgIpc) is 2.81. The van der Waals surface area contributed by atoms with E-state index >= 15 is 0 Å². The molecule has 1 aliphatic carbocycles. The average molecular weight is 254 g/mol. The van der Waals surface area contributed by atoms with E-state index in [1.807, 2.05) is 13.8 Å². The number of nitrogens with one attached hydrogen (secondary N) is 1. The second-order valence-electron chi connectivity index (χ2n) is 5.96. The van der Waals surface area contributed by atoms with E-state index in [0.717, 1.165) is 29.5 Å². The van der Waals surface area contributed by atoms with Crippen molar-refractivity contribution < 1.29 is 4.52 Å². The van der Waals surface area contributed by atoms with Crippen molar-refractivity contribution in [3.05, 3.63) is 41.3 Å². The molecular weight excluding hydrogens is 236 g/mol. The molecule has 2 aliphatic rings. The third-order valence-electron chi connectivity index (χ3n) is 4.85. The van der Waals surface area contributed by atoms with Crippen molar-refractivity contribution in [2.45, 2.75) is 25.7 Å². The summed E-state index contributed by atoms with van der Waals surface area (Å²) in [7, 11) is 0. The highest BCUT2D eigenvalue weighted by atomic mass is 16.5. The lowest BCUT2D eigenvalue weighted by Gasteiger charge is -2.12. The van der Waals surface area contributed by atoms with E-state index in [1.54, 1.807) is 0 Å². The maximum absolute atomic E-state index is 5.25. The largest absolute Gasteiger partial charge is 0.361 e. The summed E-state index contributed by atoms with van der Waals surface area (Å²) in [5.41, 5.74) is 5.24. The Bertz CT molecular complexity index is 609. The standard InChI is InChI=1S/C16H18N2O/c1-10-15(11(2)19-18-10)12-3-5-13(6-4-12)16-7-14(16)8-17-9-16/h3-6,14,17H,7-9H2,1-2H3/t14-,16+/m1/s1. The first-order valence-electron chi connectivity index (χ1n) is 6.95. The molecule has 1 aromatic heterocycles. The normalized spacial score (nSPS) is 28.4. The molecule has 0 unspecified atom stereocenters. The van der Waals surface area contributed by atoms with Crippen LogP contribution in [-0.4, -0.2) is 18.2 Å². The minimum absolute atomic E-state index is 0.442. The van der Waals surface area contributed by atoms with Crippen molar-refractivity contribution in [2.75, 3.05) is 13.1 Å². The zero-order chi connectivity index (χ0) is 13.0. The minimum atomic E-state index is 0.442.